The number of anilines is 1. The van der Waals surface area contributed by atoms with Crippen LogP contribution in [0.2, 0.25) is 0 Å². The largest absolute Gasteiger partial charge is 0.481 e. The molecule has 0 aliphatic carbocycles. The van der Waals surface area contributed by atoms with E-state index in [4.69, 9.17) is 4.74 Å². The quantitative estimate of drug-likeness (QED) is 0.714. The second kappa shape index (κ2) is 3.71. The first-order chi connectivity index (χ1) is 5.72. The number of carbonyl (C=O) groups excluding carboxylic acids is 1. The molecule has 0 fully saturated rings. The fourth-order valence-corrected chi connectivity index (χ4v) is 0.778. The highest BCUT2D eigenvalue weighted by atomic mass is 16.5. The highest BCUT2D eigenvalue weighted by Gasteiger charge is 1.95. The van der Waals surface area contributed by atoms with Crippen molar-refractivity contribution in [2.45, 2.75) is 6.92 Å². The first-order valence-corrected chi connectivity index (χ1v) is 3.50. The number of hydrogen-bond acceptors (Lipinski definition) is 3. The summed E-state index contributed by atoms with van der Waals surface area (Å²) >= 11 is 0. The minimum atomic E-state index is -0.109. The lowest BCUT2D eigenvalue weighted by molar-refractivity contribution is -0.114. The molecule has 1 N–H and O–H groups in total. The molecule has 0 saturated heterocycles. The van der Waals surface area contributed by atoms with E-state index in [1.807, 2.05) is 0 Å². The standard InChI is InChI=1S/C8H10N2O2/c1-6(11)10-7-3-4-8(12-2)9-5-7/h3-5H,1-2H3,(H,10,11). The third kappa shape index (κ3) is 2.23. The average Bonchev–Trinajstić information content (AvgIpc) is 2.05. The number of nitrogens with zero attached hydrogens (tertiary/aromatic N) is 1. The fraction of sp³-hybridized carbons (Fsp3) is 0.250. The van der Waals surface area contributed by atoms with E-state index in [1.165, 1.54) is 6.92 Å². The van der Waals surface area contributed by atoms with Gasteiger partial charge in [0.2, 0.25) is 11.8 Å². The summed E-state index contributed by atoms with van der Waals surface area (Å²) in [7, 11) is 1.54. The number of nitrogens with one attached hydrogen (secondary N) is 1. The minimum absolute atomic E-state index is 0.109. The van der Waals surface area contributed by atoms with Gasteiger partial charge in [0.15, 0.2) is 0 Å². The first kappa shape index (κ1) is 8.52. The van der Waals surface area contributed by atoms with Crippen molar-refractivity contribution in [3.63, 3.8) is 0 Å². The van der Waals surface area contributed by atoms with Crippen LogP contribution >= 0.6 is 0 Å². The van der Waals surface area contributed by atoms with E-state index in [9.17, 15) is 4.79 Å². The van der Waals surface area contributed by atoms with Crippen LogP contribution in [0.15, 0.2) is 18.3 Å². The molecule has 1 amide bonds. The summed E-state index contributed by atoms with van der Waals surface area (Å²) in [6.07, 6.45) is 1.54. The Balaban J connectivity index is 2.71. The zero-order valence-corrected chi connectivity index (χ0v) is 7.00. The average molecular weight is 166 g/mol. The molecule has 64 valence electrons. The van der Waals surface area contributed by atoms with E-state index < -0.39 is 0 Å². The lowest BCUT2D eigenvalue weighted by Crippen LogP contribution is -2.05. The van der Waals surface area contributed by atoms with E-state index >= 15 is 0 Å². The van der Waals surface area contributed by atoms with Gasteiger partial charge in [-0.15, -0.1) is 0 Å². The van der Waals surface area contributed by atoms with Gasteiger partial charge in [-0.2, -0.15) is 0 Å². The third-order valence-electron chi connectivity index (χ3n) is 1.27. The van der Waals surface area contributed by atoms with Crippen molar-refractivity contribution in [2.24, 2.45) is 0 Å². The molecular formula is C8H10N2O2. The van der Waals surface area contributed by atoms with Crippen molar-refractivity contribution in [3.05, 3.63) is 18.3 Å². The van der Waals surface area contributed by atoms with E-state index in [-0.39, 0.29) is 5.91 Å². The molecule has 4 heteroatoms. The molecule has 0 atom stereocenters. The van der Waals surface area contributed by atoms with Gasteiger partial charge in [-0.1, -0.05) is 0 Å². The van der Waals surface area contributed by atoms with Gasteiger partial charge in [0.25, 0.3) is 0 Å². The Hall–Kier alpha value is -1.58. The Morgan fingerprint density at radius 1 is 1.58 bits per heavy atom. The van der Waals surface area contributed by atoms with Crippen molar-refractivity contribution in [1.29, 1.82) is 0 Å². The van der Waals surface area contributed by atoms with Crippen LogP contribution in [0.25, 0.3) is 0 Å². The number of amides is 1. The Bertz CT molecular complexity index is 269. The maximum atomic E-state index is 10.6. The van der Waals surface area contributed by atoms with Crippen molar-refractivity contribution < 1.29 is 9.53 Å². The molecule has 1 heterocycles. The summed E-state index contributed by atoms with van der Waals surface area (Å²) in [6.45, 7) is 1.45. The zero-order chi connectivity index (χ0) is 8.97. The second-order valence-electron chi connectivity index (χ2n) is 2.27. The van der Waals surface area contributed by atoms with Gasteiger partial charge in [0.05, 0.1) is 19.0 Å². The third-order valence-corrected chi connectivity index (χ3v) is 1.27. The predicted octanol–water partition coefficient (Wildman–Crippen LogP) is 1.05. The van der Waals surface area contributed by atoms with Crippen LogP contribution in [-0.2, 0) is 4.79 Å². The molecule has 4 nitrogen and oxygen atoms in total. The van der Waals surface area contributed by atoms with E-state index in [2.05, 4.69) is 10.3 Å². The normalized spacial score (nSPS) is 9.17. The predicted molar refractivity (Wildman–Crippen MR) is 45.1 cm³/mol. The highest BCUT2D eigenvalue weighted by Crippen LogP contribution is 2.10. The number of rotatable bonds is 2. The Kier molecular flexibility index (Phi) is 2.63. The van der Waals surface area contributed by atoms with Crippen LogP contribution in [0.4, 0.5) is 5.69 Å². The molecule has 1 aromatic rings. The monoisotopic (exact) mass is 166 g/mol. The highest BCUT2D eigenvalue weighted by molar-refractivity contribution is 5.88. The second-order valence-corrected chi connectivity index (χ2v) is 2.27. The Morgan fingerprint density at radius 3 is 2.75 bits per heavy atom. The zero-order valence-electron chi connectivity index (χ0n) is 7.00. The molecule has 12 heavy (non-hydrogen) atoms. The van der Waals surface area contributed by atoms with Crippen LogP contribution in [0.5, 0.6) is 5.88 Å². The molecule has 1 rings (SSSR count). The number of methoxy groups -OCH3 is 1. The van der Waals surface area contributed by atoms with E-state index in [0.717, 1.165) is 0 Å². The van der Waals surface area contributed by atoms with Crippen LogP contribution < -0.4 is 10.1 Å². The van der Waals surface area contributed by atoms with Gasteiger partial charge in [-0.25, -0.2) is 4.98 Å². The molecule has 1 aromatic heterocycles. The molecule has 0 saturated carbocycles. The van der Waals surface area contributed by atoms with Gasteiger partial charge in [0.1, 0.15) is 0 Å². The van der Waals surface area contributed by atoms with Gasteiger partial charge in [-0.3, -0.25) is 4.79 Å². The lowest BCUT2D eigenvalue weighted by Gasteiger charge is -2.01. The fourth-order valence-electron chi connectivity index (χ4n) is 0.778. The van der Waals surface area contributed by atoms with Crippen molar-refractivity contribution in [2.75, 3.05) is 12.4 Å². The first-order valence-electron chi connectivity index (χ1n) is 3.50. The van der Waals surface area contributed by atoms with Crippen LogP contribution in [-0.4, -0.2) is 18.0 Å². The summed E-state index contributed by atoms with van der Waals surface area (Å²) < 4.78 is 4.85. The summed E-state index contributed by atoms with van der Waals surface area (Å²) in [5.74, 6) is 0.422. The van der Waals surface area contributed by atoms with Crippen LogP contribution in [0, 0.1) is 0 Å². The van der Waals surface area contributed by atoms with Gasteiger partial charge >= 0.3 is 0 Å². The van der Waals surface area contributed by atoms with E-state index in [0.29, 0.717) is 11.6 Å². The molecular weight excluding hydrogens is 156 g/mol. The molecule has 0 bridgehead atoms. The molecule has 0 unspecified atom stereocenters. The minimum Gasteiger partial charge on any atom is -0.481 e. The summed E-state index contributed by atoms with van der Waals surface area (Å²) in [5.41, 5.74) is 0.670. The number of carbonyl (C=O) groups is 1. The maximum absolute atomic E-state index is 10.6. The summed E-state index contributed by atoms with van der Waals surface area (Å²) in [4.78, 5) is 14.5. The number of aromatic nitrogens is 1. The maximum Gasteiger partial charge on any atom is 0.221 e. The Labute approximate surface area is 70.6 Å². The Morgan fingerprint density at radius 2 is 2.33 bits per heavy atom. The van der Waals surface area contributed by atoms with Gasteiger partial charge < -0.3 is 10.1 Å². The molecule has 0 aromatic carbocycles. The lowest BCUT2D eigenvalue weighted by atomic mass is 10.4. The van der Waals surface area contributed by atoms with Gasteiger partial charge in [0, 0.05) is 13.0 Å². The number of hydrogen-bond donors (Lipinski definition) is 1. The van der Waals surface area contributed by atoms with E-state index in [1.54, 1.807) is 25.4 Å². The van der Waals surface area contributed by atoms with Crippen LogP contribution in [0.1, 0.15) is 6.92 Å². The van der Waals surface area contributed by atoms with Crippen molar-refractivity contribution >= 4 is 11.6 Å². The number of ether oxygens (including phenoxy) is 1. The summed E-state index contributed by atoms with van der Waals surface area (Å²) in [6, 6.07) is 3.42. The molecule has 0 spiro atoms. The van der Waals surface area contributed by atoms with Crippen molar-refractivity contribution in [1.82, 2.24) is 4.98 Å². The van der Waals surface area contributed by atoms with Crippen molar-refractivity contribution in [3.8, 4) is 5.88 Å². The SMILES string of the molecule is COc1ccc(NC(C)=O)cn1. The molecule has 0 radical (unpaired) electrons. The van der Waals surface area contributed by atoms with Crippen LogP contribution in [0.3, 0.4) is 0 Å². The molecule has 0 aliphatic heterocycles. The smallest absolute Gasteiger partial charge is 0.221 e. The van der Waals surface area contributed by atoms with Gasteiger partial charge in [-0.05, 0) is 6.07 Å². The number of pyridine rings is 1. The molecule has 0 aliphatic rings. The topological polar surface area (TPSA) is 51.2 Å². The summed E-state index contributed by atoms with van der Waals surface area (Å²) in [5, 5.41) is 2.60.